The van der Waals surface area contributed by atoms with E-state index in [0.29, 0.717) is 28.8 Å². The average Bonchev–Trinajstić information content (AvgIpc) is 2.64. The van der Waals surface area contributed by atoms with E-state index in [9.17, 15) is 19.2 Å². The third-order valence-corrected chi connectivity index (χ3v) is 3.16. The molecule has 128 valence electrons. The molecule has 0 atom stereocenters. The van der Waals surface area contributed by atoms with E-state index in [2.05, 4.69) is 20.6 Å². The van der Waals surface area contributed by atoms with Crippen molar-refractivity contribution in [1.29, 1.82) is 0 Å². The number of aromatic nitrogens is 2. The molecule has 2 aromatic heterocycles. The minimum atomic E-state index is -0.392. The van der Waals surface area contributed by atoms with Gasteiger partial charge in [-0.05, 0) is 31.2 Å². The molecular weight excluding hydrogens is 324 g/mol. The number of carbonyl (C=O) groups is 4. The van der Waals surface area contributed by atoms with Gasteiger partial charge in [0, 0.05) is 12.4 Å². The molecule has 0 aliphatic carbocycles. The molecule has 2 N–H and O–H groups in total. The van der Waals surface area contributed by atoms with Gasteiger partial charge in [-0.25, -0.2) is 0 Å². The van der Waals surface area contributed by atoms with Crippen LogP contribution in [0.25, 0.3) is 11.4 Å². The van der Waals surface area contributed by atoms with Gasteiger partial charge in [-0.2, -0.15) is 0 Å². The van der Waals surface area contributed by atoms with Crippen molar-refractivity contribution in [2.24, 2.45) is 0 Å². The number of carbonyl (C=O) groups excluding carboxylic acids is 4. The summed E-state index contributed by atoms with van der Waals surface area (Å²) in [4.78, 5) is 52.9. The van der Waals surface area contributed by atoms with Crippen molar-refractivity contribution >= 4 is 23.9 Å². The largest absolute Gasteiger partial charge is 0.345 e. The van der Waals surface area contributed by atoms with E-state index in [-0.39, 0.29) is 24.8 Å². The molecule has 2 amide bonds. The Morgan fingerprint density at radius 3 is 1.84 bits per heavy atom. The zero-order chi connectivity index (χ0) is 18.2. The highest BCUT2D eigenvalue weighted by atomic mass is 16.2. The van der Waals surface area contributed by atoms with Crippen molar-refractivity contribution in [2.45, 2.75) is 6.92 Å². The van der Waals surface area contributed by atoms with E-state index in [4.69, 9.17) is 0 Å². The van der Waals surface area contributed by atoms with Crippen LogP contribution < -0.4 is 10.6 Å². The molecule has 8 nitrogen and oxygen atoms in total. The van der Waals surface area contributed by atoms with E-state index in [1.165, 1.54) is 19.3 Å². The monoisotopic (exact) mass is 340 g/mol. The van der Waals surface area contributed by atoms with Crippen molar-refractivity contribution in [1.82, 2.24) is 20.6 Å². The first kappa shape index (κ1) is 17.9. The van der Waals surface area contributed by atoms with Crippen molar-refractivity contribution in [3.63, 3.8) is 0 Å². The van der Waals surface area contributed by atoms with Crippen molar-refractivity contribution in [3.8, 4) is 11.4 Å². The third-order valence-electron chi connectivity index (χ3n) is 3.16. The van der Waals surface area contributed by atoms with Gasteiger partial charge in [0.2, 0.25) is 0 Å². The normalized spacial score (nSPS) is 9.96. The number of amides is 2. The fourth-order valence-corrected chi connectivity index (χ4v) is 1.90. The maximum atomic E-state index is 11.8. The van der Waals surface area contributed by atoms with E-state index in [0.717, 1.165) is 0 Å². The van der Waals surface area contributed by atoms with E-state index in [1.54, 1.807) is 24.3 Å². The first-order valence-electron chi connectivity index (χ1n) is 7.43. The molecule has 0 spiro atoms. The van der Waals surface area contributed by atoms with Gasteiger partial charge in [0.15, 0.2) is 0 Å². The molecule has 0 bridgehead atoms. The van der Waals surface area contributed by atoms with E-state index >= 15 is 0 Å². The van der Waals surface area contributed by atoms with Crippen LogP contribution in [0.15, 0.2) is 36.7 Å². The molecule has 2 rings (SSSR count). The molecule has 2 heterocycles. The Morgan fingerprint density at radius 1 is 0.920 bits per heavy atom. The minimum Gasteiger partial charge on any atom is -0.345 e. The van der Waals surface area contributed by atoms with Gasteiger partial charge in [0.25, 0.3) is 11.8 Å². The highest BCUT2D eigenvalue weighted by molar-refractivity contribution is 5.96. The molecule has 0 saturated heterocycles. The Bertz CT molecular complexity index is 785. The summed E-state index contributed by atoms with van der Waals surface area (Å²) in [5.41, 5.74) is 1.71. The van der Waals surface area contributed by atoms with Crippen LogP contribution in [0.4, 0.5) is 0 Å². The number of hydrogen-bond donors (Lipinski definition) is 2. The molecular formula is C17H16N4O4. The first-order chi connectivity index (χ1) is 12.0. The predicted molar refractivity (Wildman–Crippen MR) is 88.9 cm³/mol. The smallest absolute Gasteiger partial charge is 0.253 e. The minimum absolute atomic E-state index is 0.0320. The Balaban J connectivity index is 2.06. The lowest BCUT2D eigenvalue weighted by Gasteiger charge is -2.05. The Labute approximate surface area is 143 Å². The second-order valence-electron chi connectivity index (χ2n) is 5.13. The standard InChI is InChI=1S/C17H16N4O4/c1-11(23)8-21-17(25)13-3-5-15(20-10-13)14-4-2-12(9-19-14)16(24)18-6-7-22/h2-5,7,9-10H,6,8H2,1H3,(H,18,24)(H,21,25). The molecule has 25 heavy (non-hydrogen) atoms. The molecule has 0 aliphatic heterocycles. The number of rotatable bonds is 7. The SMILES string of the molecule is CC(=O)CNC(=O)c1ccc(-c2ccc(C(=O)NCC=O)cn2)nc1. The maximum absolute atomic E-state index is 11.8. The number of aldehydes is 1. The number of ketones is 1. The van der Waals surface area contributed by atoms with Gasteiger partial charge < -0.3 is 15.4 Å². The molecule has 0 aromatic carbocycles. The predicted octanol–water partition coefficient (Wildman–Crippen LogP) is 0.391. The second kappa shape index (κ2) is 8.44. The van der Waals surface area contributed by atoms with Gasteiger partial charge in [-0.1, -0.05) is 0 Å². The van der Waals surface area contributed by atoms with Crippen LogP contribution >= 0.6 is 0 Å². The molecule has 0 saturated carbocycles. The first-order valence-corrected chi connectivity index (χ1v) is 7.43. The van der Waals surface area contributed by atoms with Crippen molar-refractivity contribution in [3.05, 3.63) is 47.8 Å². The fraction of sp³-hybridized carbons (Fsp3) is 0.176. The summed E-state index contributed by atoms with van der Waals surface area (Å²) >= 11 is 0. The average molecular weight is 340 g/mol. The highest BCUT2D eigenvalue weighted by Gasteiger charge is 2.09. The Hall–Kier alpha value is -3.42. The van der Waals surface area contributed by atoms with E-state index < -0.39 is 5.91 Å². The van der Waals surface area contributed by atoms with Crippen molar-refractivity contribution in [2.75, 3.05) is 13.1 Å². The summed E-state index contributed by atoms with van der Waals surface area (Å²) < 4.78 is 0. The summed E-state index contributed by atoms with van der Waals surface area (Å²) in [6.45, 7) is 1.29. The van der Waals surface area contributed by atoms with Crippen LogP contribution in [-0.2, 0) is 9.59 Å². The topological polar surface area (TPSA) is 118 Å². The summed E-state index contributed by atoms with van der Waals surface area (Å²) in [7, 11) is 0. The number of nitrogens with zero attached hydrogens (tertiary/aromatic N) is 2. The number of pyridine rings is 2. The highest BCUT2D eigenvalue weighted by Crippen LogP contribution is 2.15. The van der Waals surface area contributed by atoms with Gasteiger partial charge in [-0.3, -0.25) is 24.4 Å². The molecule has 0 aliphatic rings. The fourth-order valence-electron chi connectivity index (χ4n) is 1.90. The van der Waals surface area contributed by atoms with Crippen LogP contribution in [0.1, 0.15) is 27.6 Å². The molecule has 2 aromatic rings. The Morgan fingerprint density at radius 2 is 1.44 bits per heavy atom. The summed E-state index contributed by atoms with van der Waals surface area (Å²) in [6.07, 6.45) is 3.36. The molecule has 0 radical (unpaired) electrons. The van der Waals surface area contributed by atoms with Crippen LogP contribution in [0.3, 0.4) is 0 Å². The zero-order valence-electron chi connectivity index (χ0n) is 13.5. The van der Waals surface area contributed by atoms with Crippen LogP contribution in [0.2, 0.25) is 0 Å². The lowest BCUT2D eigenvalue weighted by atomic mass is 10.1. The molecule has 0 fully saturated rings. The number of hydrogen-bond acceptors (Lipinski definition) is 6. The molecule has 8 heteroatoms. The Kier molecular flexibility index (Phi) is 6.05. The van der Waals surface area contributed by atoms with Gasteiger partial charge in [-0.15, -0.1) is 0 Å². The number of nitrogens with one attached hydrogen (secondary N) is 2. The van der Waals surface area contributed by atoms with Gasteiger partial charge in [0.05, 0.1) is 35.6 Å². The van der Waals surface area contributed by atoms with Gasteiger partial charge >= 0.3 is 0 Å². The number of Topliss-reactive ketones (excluding diaryl/α,β-unsaturated/α-hetero) is 1. The van der Waals surface area contributed by atoms with Gasteiger partial charge in [0.1, 0.15) is 12.1 Å². The summed E-state index contributed by atoms with van der Waals surface area (Å²) in [5, 5.41) is 4.90. The lowest BCUT2D eigenvalue weighted by molar-refractivity contribution is -0.116. The van der Waals surface area contributed by atoms with Crippen LogP contribution in [-0.4, -0.2) is 46.9 Å². The second-order valence-corrected chi connectivity index (χ2v) is 5.13. The van der Waals surface area contributed by atoms with Crippen molar-refractivity contribution < 1.29 is 19.2 Å². The lowest BCUT2D eigenvalue weighted by Crippen LogP contribution is -2.28. The van der Waals surface area contributed by atoms with Crippen LogP contribution in [0, 0.1) is 0 Å². The summed E-state index contributed by atoms with van der Waals surface area (Å²) in [5.74, 6) is -0.916. The van der Waals surface area contributed by atoms with E-state index in [1.807, 2.05) is 0 Å². The zero-order valence-corrected chi connectivity index (χ0v) is 13.5. The molecule has 0 unspecified atom stereocenters. The van der Waals surface area contributed by atoms with Crippen LogP contribution in [0.5, 0.6) is 0 Å². The summed E-state index contributed by atoms with van der Waals surface area (Å²) in [6, 6.07) is 6.38. The quantitative estimate of drug-likeness (QED) is 0.704. The third kappa shape index (κ3) is 5.03. The maximum Gasteiger partial charge on any atom is 0.253 e.